The third kappa shape index (κ3) is 2.75. The van der Waals surface area contributed by atoms with E-state index in [0.717, 1.165) is 35.6 Å². The smallest absolute Gasteiger partial charge is 0.193 e. The van der Waals surface area contributed by atoms with Crippen molar-refractivity contribution in [2.75, 3.05) is 6.54 Å². The molecule has 0 aromatic carbocycles. The maximum atomic E-state index is 4.59. The molecule has 2 heterocycles. The summed E-state index contributed by atoms with van der Waals surface area (Å²) in [5.41, 5.74) is 1.16. The van der Waals surface area contributed by atoms with Crippen LogP contribution in [0.25, 0.3) is 4.96 Å². The van der Waals surface area contributed by atoms with Gasteiger partial charge in [0.2, 0.25) is 0 Å². The van der Waals surface area contributed by atoms with Crippen LogP contribution >= 0.6 is 11.3 Å². The van der Waals surface area contributed by atoms with Gasteiger partial charge in [-0.3, -0.25) is 4.40 Å². The monoisotopic (exact) mass is 263 g/mol. The van der Waals surface area contributed by atoms with Gasteiger partial charge in [-0.1, -0.05) is 19.8 Å². The van der Waals surface area contributed by atoms with E-state index in [9.17, 15) is 0 Å². The molecule has 4 heteroatoms. The summed E-state index contributed by atoms with van der Waals surface area (Å²) in [6.45, 7) is 4.43. The van der Waals surface area contributed by atoms with Crippen molar-refractivity contribution in [1.29, 1.82) is 0 Å². The molecule has 0 amide bonds. The first-order valence-electron chi connectivity index (χ1n) is 6.93. The van der Waals surface area contributed by atoms with Crippen LogP contribution in [0, 0.1) is 11.8 Å². The Balaban J connectivity index is 1.45. The number of hydrogen-bond donors (Lipinski definition) is 1. The molecule has 1 N–H and O–H groups in total. The van der Waals surface area contributed by atoms with Crippen LogP contribution in [0.15, 0.2) is 17.8 Å². The minimum Gasteiger partial charge on any atom is -0.311 e. The van der Waals surface area contributed by atoms with Gasteiger partial charge in [0.15, 0.2) is 4.96 Å². The number of aromatic nitrogens is 2. The van der Waals surface area contributed by atoms with E-state index in [2.05, 4.69) is 39.4 Å². The van der Waals surface area contributed by atoms with Crippen LogP contribution in [0.1, 0.15) is 38.3 Å². The molecule has 1 aliphatic rings. The minimum absolute atomic E-state index is 0.880. The fourth-order valence-corrected chi connectivity index (χ4v) is 3.52. The third-order valence-corrected chi connectivity index (χ3v) is 4.79. The van der Waals surface area contributed by atoms with Gasteiger partial charge in [0.1, 0.15) is 0 Å². The van der Waals surface area contributed by atoms with Crippen molar-refractivity contribution < 1.29 is 0 Å². The quantitative estimate of drug-likeness (QED) is 0.917. The van der Waals surface area contributed by atoms with Gasteiger partial charge in [0, 0.05) is 24.3 Å². The Morgan fingerprint density at radius 2 is 2.22 bits per heavy atom. The Morgan fingerprint density at radius 1 is 1.39 bits per heavy atom. The molecule has 3 rings (SSSR count). The average molecular weight is 263 g/mol. The van der Waals surface area contributed by atoms with E-state index in [0.29, 0.717) is 0 Å². The molecular formula is C14H21N3S. The van der Waals surface area contributed by atoms with Gasteiger partial charge in [-0.25, -0.2) is 4.98 Å². The van der Waals surface area contributed by atoms with Crippen molar-refractivity contribution in [3.05, 3.63) is 23.5 Å². The van der Waals surface area contributed by atoms with Gasteiger partial charge >= 0.3 is 0 Å². The summed E-state index contributed by atoms with van der Waals surface area (Å²) in [6, 6.07) is 0. The summed E-state index contributed by atoms with van der Waals surface area (Å²) in [6.07, 6.45) is 9.80. The van der Waals surface area contributed by atoms with Gasteiger partial charge in [-0.05, 0) is 31.2 Å². The molecule has 0 atom stereocenters. The first kappa shape index (κ1) is 12.2. The van der Waals surface area contributed by atoms with E-state index in [1.807, 2.05) is 0 Å². The Labute approximate surface area is 112 Å². The van der Waals surface area contributed by atoms with Gasteiger partial charge in [-0.2, -0.15) is 0 Å². The number of hydrogen-bond acceptors (Lipinski definition) is 3. The zero-order chi connectivity index (χ0) is 12.4. The highest BCUT2D eigenvalue weighted by molar-refractivity contribution is 7.15. The van der Waals surface area contributed by atoms with E-state index in [-0.39, 0.29) is 0 Å². The second-order valence-corrected chi connectivity index (χ2v) is 6.45. The van der Waals surface area contributed by atoms with Gasteiger partial charge in [0.05, 0.1) is 5.69 Å². The van der Waals surface area contributed by atoms with Crippen molar-refractivity contribution >= 4 is 16.3 Å². The fraction of sp³-hybridized carbons (Fsp3) is 0.643. The molecule has 0 bridgehead atoms. The number of imidazole rings is 1. The first-order chi connectivity index (χ1) is 8.81. The summed E-state index contributed by atoms with van der Waals surface area (Å²) in [5.74, 6) is 1.83. The Bertz CT molecular complexity index is 465. The van der Waals surface area contributed by atoms with Gasteiger partial charge in [-0.15, -0.1) is 11.3 Å². The van der Waals surface area contributed by atoms with Crippen molar-refractivity contribution in [2.24, 2.45) is 11.8 Å². The molecule has 0 unspecified atom stereocenters. The lowest BCUT2D eigenvalue weighted by atomic mass is 9.83. The normalized spacial score (nSPS) is 24.7. The molecule has 98 valence electrons. The highest BCUT2D eigenvalue weighted by Gasteiger charge is 2.17. The maximum absolute atomic E-state index is 4.59. The topological polar surface area (TPSA) is 29.3 Å². The SMILES string of the molecule is CC1CCC(CNCc2cn3ccsc3n2)CC1. The molecule has 18 heavy (non-hydrogen) atoms. The summed E-state index contributed by atoms with van der Waals surface area (Å²) in [4.78, 5) is 5.68. The van der Waals surface area contributed by atoms with E-state index in [4.69, 9.17) is 0 Å². The molecule has 1 saturated carbocycles. The average Bonchev–Trinajstić information content (AvgIpc) is 2.92. The molecular weight excluding hydrogens is 242 g/mol. The van der Waals surface area contributed by atoms with E-state index in [1.165, 1.54) is 25.7 Å². The van der Waals surface area contributed by atoms with E-state index in [1.54, 1.807) is 11.3 Å². The summed E-state index contributed by atoms with van der Waals surface area (Å²) in [7, 11) is 0. The number of nitrogens with one attached hydrogen (secondary N) is 1. The predicted octanol–water partition coefficient (Wildman–Crippen LogP) is 3.31. The van der Waals surface area contributed by atoms with Crippen LogP contribution < -0.4 is 5.32 Å². The van der Waals surface area contributed by atoms with Crippen LogP contribution in [0.4, 0.5) is 0 Å². The zero-order valence-electron chi connectivity index (χ0n) is 10.9. The van der Waals surface area contributed by atoms with E-state index >= 15 is 0 Å². The number of fused-ring (bicyclic) bond motifs is 1. The molecule has 3 nitrogen and oxygen atoms in total. The van der Waals surface area contributed by atoms with Crippen LogP contribution in [-0.2, 0) is 6.54 Å². The standard InChI is InChI=1S/C14H21N3S/c1-11-2-4-12(5-3-11)8-15-9-13-10-17-6-7-18-14(17)16-13/h6-7,10-12,15H,2-5,8-9H2,1H3. The lowest BCUT2D eigenvalue weighted by molar-refractivity contribution is 0.281. The molecule has 2 aromatic rings. The first-order valence-corrected chi connectivity index (χ1v) is 7.81. The minimum atomic E-state index is 0.880. The van der Waals surface area contributed by atoms with Crippen molar-refractivity contribution in [3.8, 4) is 0 Å². The van der Waals surface area contributed by atoms with Crippen molar-refractivity contribution in [1.82, 2.24) is 14.7 Å². The lowest BCUT2D eigenvalue weighted by Gasteiger charge is -2.26. The molecule has 2 aromatic heterocycles. The molecule has 1 aliphatic carbocycles. The third-order valence-electron chi connectivity index (χ3n) is 4.02. The van der Waals surface area contributed by atoms with Crippen LogP contribution in [0.2, 0.25) is 0 Å². The number of rotatable bonds is 4. The van der Waals surface area contributed by atoms with Crippen molar-refractivity contribution in [2.45, 2.75) is 39.2 Å². The highest BCUT2D eigenvalue weighted by atomic mass is 32.1. The van der Waals surface area contributed by atoms with Crippen LogP contribution in [-0.4, -0.2) is 15.9 Å². The molecule has 1 fully saturated rings. The lowest BCUT2D eigenvalue weighted by Crippen LogP contribution is -2.25. The summed E-state index contributed by atoms with van der Waals surface area (Å²) < 4.78 is 2.10. The molecule has 0 spiro atoms. The molecule has 0 aliphatic heterocycles. The maximum Gasteiger partial charge on any atom is 0.193 e. The van der Waals surface area contributed by atoms with E-state index < -0.39 is 0 Å². The summed E-state index contributed by atoms with van der Waals surface area (Å²) >= 11 is 1.69. The van der Waals surface area contributed by atoms with Gasteiger partial charge < -0.3 is 5.32 Å². The Hall–Kier alpha value is -0.870. The van der Waals surface area contributed by atoms with Crippen molar-refractivity contribution in [3.63, 3.8) is 0 Å². The Morgan fingerprint density at radius 3 is 3.00 bits per heavy atom. The summed E-state index contributed by atoms with van der Waals surface area (Å²) in [5, 5.41) is 5.64. The number of thiazole rings is 1. The molecule has 0 radical (unpaired) electrons. The second kappa shape index (κ2) is 5.41. The number of nitrogens with zero attached hydrogens (tertiary/aromatic N) is 2. The van der Waals surface area contributed by atoms with Crippen LogP contribution in [0.5, 0.6) is 0 Å². The zero-order valence-corrected chi connectivity index (χ0v) is 11.7. The Kier molecular flexibility index (Phi) is 3.66. The van der Waals surface area contributed by atoms with Crippen LogP contribution in [0.3, 0.4) is 0 Å². The molecule has 0 saturated heterocycles. The van der Waals surface area contributed by atoms with Gasteiger partial charge in [0.25, 0.3) is 0 Å². The largest absolute Gasteiger partial charge is 0.311 e. The predicted molar refractivity (Wildman–Crippen MR) is 75.9 cm³/mol. The highest BCUT2D eigenvalue weighted by Crippen LogP contribution is 2.27. The fourth-order valence-electron chi connectivity index (χ4n) is 2.80. The second-order valence-electron chi connectivity index (χ2n) is 5.58.